The Kier molecular flexibility index (Phi) is 6.19. The molecule has 3 aromatic rings. The Morgan fingerprint density at radius 1 is 0.897 bits per heavy atom. The molecule has 0 bridgehead atoms. The summed E-state index contributed by atoms with van der Waals surface area (Å²) in [5, 5.41) is 6.06. The second-order valence-corrected chi connectivity index (χ2v) is 6.52. The van der Waals surface area contributed by atoms with Crippen LogP contribution in [0.2, 0.25) is 0 Å². The standard InChI is InChI=1S/C22H24N4O3/c1-26(2)18-9-6-16(7-10-18)24-21-12-8-17(14-23-21)25-22(27)15-5-11-19(28-3)20(13-15)29-4/h5-14H,1-4H3,(H,23,24)(H,25,27). The first-order valence-corrected chi connectivity index (χ1v) is 9.04. The predicted molar refractivity (Wildman–Crippen MR) is 116 cm³/mol. The first-order valence-electron chi connectivity index (χ1n) is 9.04. The van der Waals surface area contributed by atoms with Gasteiger partial charge in [0.2, 0.25) is 0 Å². The summed E-state index contributed by atoms with van der Waals surface area (Å²) in [6.45, 7) is 0. The van der Waals surface area contributed by atoms with Crippen molar-refractivity contribution < 1.29 is 14.3 Å². The quantitative estimate of drug-likeness (QED) is 0.629. The number of carbonyl (C=O) groups excluding carboxylic acids is 1. The highest BCUT2D eigenvalue weighted by atomic mass is 16.5. The Labute approximate surface area is 170 Å². The minimum atomic E-state index is -0.257. The van der Waals surface area contributed by atoms with E-state index in [4.69, 9.17) is 9.47 Å². The van der Waals surface area contributed by atoms with Gasteiger partial charge < -0.3 is 25.0 Å². The summed E-state index contributed by atoms with van der Waals surface area (Å²) < 4.78 is 10.4. The number of hydrogen-bond donors (Lipinski definition) is 2. The van der Waals surface area contributed by atoms with Crippen LogP contribution in [0.4, 0.5) is 22.9 Å². The molecule has 0 saturated carbocycles. The molecule has 150 valence electrons. The van der Waals surface area contributed by atoms with Gasteiger partial charge in [-0.05, 0) is 54.6 Å². The molecule has 7 heteroatoms. The van der Waals surface area contributed by atoms with Gasteiger partial charge in [0.15, 0.2) is 11.5 Å². The SMILES string of the molecule is COc1ccc(C(=O)Nc2ccc(Nc3ccc(N(C)C)cc3)nc2)cc1OC. The molecule has 0 spiro atoms. The number of pyridine rings is 1. The van der Waals surface area contributed by atoms with Crippen LogP contribution in [0.15, 0.2) is 60.8 Å². The van der Waals surface area contributed by atoms with Crippen molar-refractivity contribution in [2.24, 2.45) is 0 Å². The van der Waals surface area contributed by atoms with Crippen LogP contribution in [0.5, 0.6) is 11.5 Å². The molecule has 0 aliphatic carbocycles. The summed E-state index contributed by atoms with van der Waals surface area (Å²) in [5.74, 6) is 1.50. The smallest absolute Gasteiger partial charge is 0.255 e. The molecule has 29 heavy (non-hydrogen) atoms. The number of carbonyl (C=O) groups is 1. The number of ether oxygens (including phenoxy) is 2. The number of amides is 1. The number of methoxy groups -OCH3 is 2. The lowest BCUT2D eigenvalue weighted by molar-refractivity contribution is 0.102. The fraction of sp³-hybridized carbons (Fsp3) is 0.182. The molecule has 0 aliphatic heterocycles. The molecule has 0 fully saturated rings. The molecule has 2 aromatic carbocycles. The molecule has 1 heterocycles. The van der Waals surface area contributed by atoms with Crippen molar-refractivity contribution in [2.45, 2.75) is 0 Å². The number of hydrogen-bond acceptors (Lipinski definition) is 6. The van der Waals surface area contributed by atoms with Crippen molar-refractivity contribution in [2.75, 3.05) is 43.8 Å². The highest BCUT2D eigenvalue weighted by Gasteiger charge is 2.11. The monoisotopic (exact) mass is 392 g/mol. The fourth-order valence-electron chi connectivity index (χ4n) is 2.71. The van der Waals surface area contributed by atoms with E-state index in [1.807, 2.05) is 49.3 Å². The summed E-state index contributed by atoms with van der Waals surface area (Å²) in [7, 11) is 7.08. The lowest BCUT2D eigenvalue weighted by atomic mass is 10.2. The number of nitrogens with one attached hydrogen (secondary N) is 2. The molecule has 3 rings (SSSR count). The molecule has 0 atom stereocenters. The Bertz CT molecular complexity index is 970. The number of benzene rings is 2. The van der Waals surface area contributed by atoms with E-state index in [2.05, 4.69) is 15.6 Å². The van der Waals surface area contributed by atoms with Gasteiger partial charge >= 0.3 is 0 Å². The van der Waals surface area contributed by atoms with E-state index in [0.29, 0.717) is 28.6 Å². The molecule has 1 amide bonds. The van der Waals surface area contributed by atoms with Crippen LogP contribution in [-0.2, 0) is 0 Å². The van der Waals surface area contributed by atoms with Crippen LogP contribution in [0.3, 0.4) is 0 Å². The van der Waals surface area contributed by atoms with Gasteiger partial charge in [0, 0.05) is 31.0 Å². The van der Waals surface area contributed by atoms with Crippen LogP contribution in [-0.4, -0.2) is 39.2 Å². The molecule has 0 saturated heterocycles. The zero-order chi connectivity index (χ0) is 20.8. The summed E-state index contributed by atoms with van der Waals surface area (Å²) >= 11 is 0. The number of aromatic nitrogens is 1. The van der Waals surface area contributed by atoms with Crippen LogP contribution in [0.1, 0.15) is 10.4 Å². The minimum Gasteiger partial charge on any atom is -0.493 e. The molecule has 1 aromatic heterocycles. The van der Waals surface area contributed by atoms with Crippen LogP contribution in [0.25, 0.3) is 0 Å². The third kappa shape index (κ3) is 4.95. The van der Waals surface area contributed by atoms with Crippen molar-refractivity contribution >= 4 is 28.8 Å². The Balaban J connectivity index is 1.65. The Morgan fingerprint density at radius 3 is 2.17 bits per heavy atom. The zero-order valence-electron chi connectivity index (χ0n) is 16.9. The number of nitrogens with zero attached hydrogens (tertiary/aromatic N) is 2. The molecule has 0 radical (unpaired) electrons. The first kappa shape index (κ1) is 20.0. The van der Waals surface area contributed by atoms with Crippen molar-refractivity contribution in [1.29, 1.82) is 0 Å². The molecule has 0 unspecified atom stereocenters. The second-order valence-electron chi connectivity index (χ2n) is 6.52. The fourth-order valence-corrected chi connectivity index (χ4v) is 2.71. The maximum atomic E-state index is 12.5. The Morgan fingerprint density at radius 2 is 1.59 bits per heavy atom. The molecular formula is C22H24N4O3. The third-order valence-electron chi connectivity index (χ3n) is 4.32. The van der Waals surface area contributed by atoms with Gasteiger partial charge in [-0.2, -0.15) is 0 Å². The average Bonchev–Trinajstić information content (AvgIpc) is 2.75. The van der Waals surface area contributed by atoms with Gasteiger partial charge in [-0.25, -0.2) is 4.98 Å². The van der Waals surface area contributed by atoms with Crippen molar-refractivity contribution in [3.05, 3.63) is 66.4 Å². The van der Waals surface area contributed by atoms with E-state index >= 15 is 0 Å². The van der Waals surface area contributed by atoms with E-state index < -0.39 is 0 Å². The maximum Gasteiger partial charge on any atom is 0.255 e. The Hall–Kier alpha value is -3.74. The molecular weight excluding hydrogens is 368 g/mol. The highest BCUT2D eigenvalue weighted by Crippen LogP contribution is 2.28. The second kappa shape index (κ2) is 8.97. The minimum absolute atomic E-state index is 0.257. The first-order chi connectivity index (χ1) is 14.0. The van der Waals surface area contributed by atoms with Gasteiger partial charge in [-0.15, -0.1) is 0 Å². The summed E-state index contributed by atoms with van der Waals surface area (Å²) in [4.78, 5) is 18.9. The summed E-state index contributed by atoms with van der Waals surface area (Å²) in [5.41, 5.74) is 3.12. The molecule has 7 nitrogen and oxygen atoms in total. The maximum absolute atomic E-state index is 12.5. The lowest BCUT2D eigenvalue weighted by Gasteiger charge is -2.13. The van der Waals surface area contributed by atoms with Gasteiger partial charge in [0.05, 0.1) is 26.1 Å². The number of rotatable bonds is 7. The number of anilines is 4. The summed E-state index contributed by atoms with van der Waals surface area (Å²) in [6, 6.07) is 16.6. The molecule has 2 N–H and O–H groups in total. The third-order valence-corrected chi connectivity index (χ3v) is 4.32. The van der Waals surface area contributed by atoms with Crippen LogP contribution >= 0.6 is 0 Å². The van der Waals surface area contributed by atoms with E-state index in [1.54, 1.807) is 37.6 Å². The van der Waals surface area contributed by atoms with Crippen molar-refractivity contribution in [3.63, 3.8) is 0 Å². The van der Waals surface area contributed by atoms with E-state index in [-0.39, 0.29) is 5.91 Å². The van der Waals surface area contributed by atoms with Crippen LogP contribution < -0.4 is 25.0 Å². The van der Waals surface area contributed by atoms with E-state index in [0.717, 1.165) is 11.4 Å². The van der Waals surface area contributed by atoms with Gasteiger partial charge in [0.25, 0.3) is 5.91 Å². The normalized spacial score (nSPS) is 10.2. The van der Waals surface area contributed by atoms with E-state index in [1.165, 1.54) is 7.11 Å². The van der Waals surface area contributed by atoms with Gasteiger partial charge in [-0.3, -0.25) is 4.79 Å². The van der Waals surface area contributed by atoms with Crippen molar-refractivity contribution in [1.82, 2.24) is 4.98 Å². The zero-order valence-corrected chi connectivity index (χ0v) is 16.9. The topological polar surface area (TPSA) is 75.7 Å². The van der Waals surface area contributed by atoms with Gasteiger partial charge in [0.1, 0.15) is 5.82 Å². The highest BCUT2D eigenvalue weighted by molar-refractivity contribution is 6.04. The lowest BCUT2D eigenvalue weighted by Crippen LogP contribution is -2.12. The van der Waals surface area contributed by atoms with Crippen LogP contribution in [0, 0.1) is 0 Å². The predicted octanol–water partition coefficient (Wildman–Crippen LogP) is 4.16. The molecule has 0 aliphatic rings. The van der Waals surface area contributed by atoms with Gasteiger partial charge in [-0.1, -0.05) is 0 Å². The average molecular weight is 392 g/mol. The van der Waals surface area contributed by atoms with E-state index in [9.17, 15) is 4.79 Å². The van der Waals surface area contributed by atoms with Crippen molar-refractivity contribution in [3.8, 4) is 11.5 Å². The summed E-state index contributed by atoms with van der Waals surface area (Å²) in [6.07, 6.45) is 1.61. The largest absolute Gasteiger partial charge is 0.493 e.